The molecule has 1 atom stereocenters. The third-order valence-corrected chi connectivity index (χ3v) is 5.71. The predicted octanol–water partition coefficient (Wildman–Crippen LogP) is 4.00. The van der Waals surface area contributed by atoms with Gasteiger partial charge in [-0.3, -0.25) is 19.2 Å². The van der Waals surface area contributed by atoms with Gasteiger partial charge in [0.15, 0.2) is 0 Å². The molecule has 0 unspecified atom stereocenters. The zero-order valence-electron chi connectivity index (χ0n) is 15.1. The van der Waals surface area contributed by atoms with E-state index >= 15 is 0 Å². The number of benzene rings is 2. The van der Waals surface area contributed by atoms with Crippen molar-refractivity contribution in [2.45, 2.75) is 19.9 Å². The second-order valence-corrected chi connectivity index (χ2v) is 8.78. The fourth-order valence-electron chi connectivity index (χ4n) is 2.56. The van der Waals surface area contributed by atoms with Gasteiger partial charge in [-0.2, -0.15) is 0 Å². The molecule has 0 radical (unpaired) electrons. The number of halogens is 2. The first-order chi connectivity index (χ1) is 12.9. The molecule has 8 nitrogen and oxygen atoms in total. The smallest absolute Gasteiger partial charge is 0.271 e. The van der Waals surface area contributed by atoms with E-state index in [0.717, 1.165) is 16.6 Å². The molecule has 28 heavy (non-hydrogen) atoms. The maximum absolute atomic E-state index is 12.7. The lowest BCUT2D eigenvalue weighted by Crippen LogP contribution is -2.45. The lowest BCUT2D eigenvalue weighted by molar-refractivity contribution is -0.384. The third kappa shape index (κ3) is 4.92. The van der Waals surface area contributed by atoms with Crippen molar-refractivity contribution in [2.24, 2.45) is 0 Å². The van der Waals surface area contributed by atoms with Crippen molar-refractivity contribution in [3.05, 3.63) is 62.1 Å². The summed E-state index contributed by atoms with van der Waals surface area (Å²) in [4.78, 5) is 23.2. The van der Waals surface area contributed by atoms with Gasteiger partial charge in [0.05, 0.1) is 27.6 Å². The van der Waals surface area contributed by atoms with Crippen LogP contribution in [0, 0.1) is 17.0 Å². The number of amides is 1. The fourth-order valence-corrected chi connectivity index (χ4v) is 4.12. The molecule has 2 rings (SSSR count). The van der Waals surface area contributed by atoms with Gasteiger partial charge in [0.25, 0.3) is 5.69 Å². The molecule has 0 heterocycles. The predicted molar refractivity (Wildman–Crippen MR) is 110 cm³/mol. The highest BCUT2D eigenvalue weighted by molar-refractivity contribution is 7.92. The highest BCUT2D eigenvalue weighted by Gasteiger charge is 2.31. The number of anilines is 2. The lowest BCUT2D eigenvalue weighted by atomic mass is 10.1. The van der Waals surface area contributed by atoms with Gasteiger partial charge >= 0.3 is 0 Å². The zero-order valence-corrected chi connectivity index (χ0v) is 17.5. The number of non-ortho nitro benzene ring substituents is 1. The number of carbonyl (C=O) groups excluding carboxylic acids is 1. The lowest BCUT2D eigenvalue weighted by Gasteiger charge is -2.29. The summed E-state index contributed by atoms with van der Waals surface area (Å²) in [7, 11) is -3.95. The summed E-state index contributed by atoms with van der Waals surface area (Å²) in [6.45, 7) is 2.96. The van der Waals surface area contributed by atoms with Crippen molar-refractivity contribution in [3.8, 4) is 0 Å². The van der Waals surface area contributed by atoms with Crippen LogP contribution in [0.3, 0.4) is 0 Å². The average Bonchev–Trinajstić information content (AvgIpc) is 2.58. The van der Waals surface area contributed by atoms with Crippen LogP contribution in [-0.4, -0.2) is 31.5 Å². The minimum Gasteiger partial charge on any atom is -0.323 e. The first-order valence-corrected chi connectivity index (χ1v) is 10.5. The number of hydrogen-bond donors (Lipinski definition) is 1. The molecule has 1 N–H and O–H groups in total. The second-order valence-electron chi connectivity index (χ2n) is 6.08. The largest absolute Gasteiger partial charge is 0.323 e. The van der Waals surface area contributed by atoms with Crippen LogP contribution in [0.15, 0.2) is 36.4 Å². The van der Waals surface area contributed by atoms with Crippen LogP contribution in [-0.2, 0) is 14.8 Å². The monoisotopic (exact) mass is 445 g/mol. The minimum absolute atomic E-state index is 0.0385. The van der Waals surface area contributed by atoms with Crippen molar-refractivity contribution in [2.75, 3.05) is 15.9 Å². The number of aryl methyl sites for hydroxylation is 1. The molecule has 0 bridgehead atoms. The maximum atomic E-state index is 12.7. The van der Waals surface area contributed by atoms with E-state index in [1.54, 1.807) is 6.92 Å². The summed E-state index contributed by atoms with van der Waals surface area (Å²) in [6.07, 6.45) is 0.918. The van der Waals surface area contributed by atoms with E-state index in [9.17, 15) is 23.3 Å². The van der Waals surface area contributed by atoms with E-state index in [2.05, 4.69) is 5.32 Å². The normalized spacial score (nSPS) is 12.3. The first kappa shape index (κ1) is 21.9. The van der Waals surface area contributed by atoms with Crippen molar-refractivity contribution >= 4 is 56.2 Å². The Morgan fingerprint density at radius 1 is 1.21 bits per heavy atom. The van der Waals surface area contributed by atoms with Crippen molar-refractivity contribution in [1.29, 1.82) is 0 Å². The summed E-state index contributed by atoms with van der Waals surface area (Å²) in [6, 6.07) is 7.04. The van der Waals surface area contributed by atoms with Crippen LogP contribution in [0.25, 0.3) is 0 Å². The van der Waals surface area contributed by atoms with Crippen LogP contribution < -0.4 is 9.62 Å². The molecular weight excluding hydrogens is 429 g/mol. The molecule has 0 fully saturated rings. The van der Waals surface area contributed by atoms with Gasteiger partial charge in [0.1, 0.15) is 6.04 Å². The van der Waals surface area contributed by atoms with E-state index in [1.165, 1.54) is 37.3 Å². The van der Waals surface area contributed by atoms with E-state index in [-0.39, 0.29) is 22.1 Å². The van der Waals surface area contributed by atoms with Gasteiger partial charge < -0.3 is 5.32 Å². The Hall–Kier alpha value is -2.36. The number of nitrogens with one attached hydrogen (secondary N) is 1. The molecule has 2 aromatic rings. The average molecular weight is 446 g/mol. The Labute approximate surface area is 172 Å². The van der Waals surface area contributed by atoms with Crippen LogP contribution in [0.5, 0.6) is 0 Å². The first-order valence-electron chi connectivity index (χ1n) is 7.92. The van der Waals surface area contributed by atoms with E-state index in [4.69, 9.17) is 23.2 Å². The molecule has 150 valence electrons. The van der Waals surface area contributed by atoms with Crippen molar-refractivity contribution in [1.82, 2.24) is 0 Å². The summed E-state index contributed by atoms with van der Waals surface area (Å²) < 4.78 is 25.7. The third-order valence-electron chi connectivity index (χ3n) is 3.92. The maximum Gasteiger partial charge on any atom is 0.271 e. The van der Waals surface area contributed by atoms with E-state index < -0.39 is 26.9 Å². The van der Waals surface area contributed by atoms with Gasteiger partial charge in [-0.25, -0.2) is 8.42 Å². The Kier molecular flexibility index (Phi) is 6.53. The Bertz CT molecular complexity index is 1040. The molecular formula is C17H17Cl2N3O5S. The van der Waals surface area contributed by atoms with Crippen LogP contribution >= 0.6 is 23.2 Å². The van der Waals surface area contributed by atoms with Gasteiger partial charge in [-0.15, -0.1) is 0 Å². The fraction of sp³-hybridized carbons (Fsp3) is 0.235. The van der Waals surface area contributed by atoms with Gasteiger partial charge in [0.2, 0.25) is 15.9 Å². The van der Waals surface area contributed by atoms with E-state index in [0.29, 0.717) is 10.6 Å². The number of carbonyl (C=O) groups is 1. The summed E-state index contributed by atoms with van der Waals surface area (Å²) in [5.41, 5.74) is 0.419. The summed E-state index contributed by atoms with van der Waals surface area (Å²) >= 11 is 11.9. The van der Waals surface area contributed by atoms with Gasteiger partial charge in [0, 0.05) is 17.2 Å². The minimum atomic E-state index is -3.95. The Morgan fingerprint density at radius 2 is 1.86 bits per heavy atom. The highest BCUT2D eigenvalue weighted by Crippen LogP contribution is 2.30. The molecule has 0 spiro atoms. The van der Waals surface area contributed by atoms with Crippen molar-refractivity contribution in [3.63, 3.8) is 0 Å². The molecule has 0 aromatic heterocycles. The number of sulfonamides is 1. The van der Waals surface area contributed by atoms with Crippen LogP contribution in [0.2, 0.25) is 10.0 Å². The molecule has 0 saturated carbocycles. The molecule has 1 amide bonds. The molecule has 0 aliphatic heterocycles. The Morgan fingerprint density at radius 3 is 2.43 bits per heavy atom. The van der Waals surface area contributed by atoms with Crippen LogP contribution in [0.4, 0.5) is 17.1 Å². The number of nitro groups is 1. The molecule has 0 aliphatic carbocycles. The van der Waals surface area contributed by atoms with Gasteiger partial charge in [-0.05, 0) is 37.6 Å². The number of nitrogens with zero attached hydrogens (tertiary/aromatic N) is 2. The quantitative estimate of drug-likeness (QED) is 0.533. The van der Waals surface area contributed by atoms with Gasteiger partial charge in [-0.1, -0.05) is 29.3 Å². The Balaban J connectivity index is 2.46. The van der Waals surface area contributed by atoms with E-state index in [1.807, 2.05) is 0 Å². The summed E-state index contributed by atoms with van der Waals surface area (Å²) in [5, 5.41) is 14.2. The van der Waals surface area contributed by atoms with Crippen molar-refractivity contribution < 1.29 is 18.1 Å². The number of hydrogen-bond acceptors (Lipinski definition) is 5. The topological polar surface area (TPSA) is 110 Å². The SMILES string of the molecule is Cc1ccc([N+](=O)[O-])cc1N([C@H](C)C(=O)Nc1cc(Cl)ccc1Cl)S(C)(=O)=O. The number of rotatable bonds is 6. The number of nitro benzene ring substituents is 1. The highest BCUT2D eigenvalue weighted by atomic mass is 35.5. The molecule has 0 saturated heterocycles. The molecule has 11 heteroatoms. The molecule has 0 aliphatic rings. The standard InChI is InChI=1S/C17H17Cl2N3O5S/c1-10-4-6-13(22(24)25)9-16(10)21(28(3,26)27)11(2)17(23)20-15-8-12(18)5-7-14(15)19/h4-9,11H,1-3H3,(H,20,23)/t11-/m1/s1. The second kappa shape index (κ2) is 8.34. The zero-order chi connectivity index (χ0) is 21.2. The summed E-state index contributed by atoms with van der Waals surface area (Å²) in [5.74, 6) is -0.680. The van der Waals surface area contributed by atoms with Crippen LogP contribution in [0.1, 0.15) is 12.5 Å². The molecule has 2 aromatic carbocycles.